The maximum Gasteiger partial charge on any atom is 0.245 e. The molecule has 1 heterocycles. The highest BCUT2D eigenvalue weighted by Gasteiger charge is 2.30. The van der Waals surface area contributed by atoms with E-state index in [1.54, 1.807) is 30.3 Å². The first kappa shape index (κ1) is 14.6. The number of rotatable bonds is 4. The number of nitrogens with zero attached hydrogens (tertiary/aromatic N) is 1. The van der Waals surface area contributed by atoms with Crippen LogP contribution in [0.3, 0.4) is 0 Å². The van der Waals surface area contributed by atoms with Crippen LogP contribution in [0.5, 0.6) is 11.5 Å². The fraction of sp³-hybridized carbons (Fsp3) is 0.267. The summed E-state index contributed by atoms with van der Waals surface area (Å²) in [4.78, 5) is 23.8. The molecule has 1 N–H and O–H groups in total. The molecule has 0 aliphatic carbocycles. The predicted molar refractivity (Wildman–Crippen MR) is 74.6 cm³/mol. The highest BCUT2D eigenvalue weighted by molar-refractivity contribution is 6.14. The van der Waals surface area contributed by atoms with Gasteiger partial charge in [-0.05, 0) is 12.1 Å². The molecule has 0 saturated heterocycles. The second-order valence-corrected chi connectivity index (χ2v) is 4.38. The van der Waals surface area contributed by atoms with E-state index in [-0.39, 0.29) is 12.2 Å². The lowest BCUT2D eigenvalue weighted by atomic mass is 9.95. The van der Waals surface area contributed by atoms with Gasteiger partial charge >= 0.3 is 0 Å². The van der Waals surface area contributed by atoms with Crippen molar-refractivity contribution in [3.63, 3.8) is 0 Å². The summed E-state index contributed by atoms with van der Waals surface area (Å²) < 4.78 is 10.7. The van der Waals surface area contributed by atoms with Crippen LogP contribution in [-0.4, -0.2) is 32.5 Å². The number of fused-ring (bicyclic) bond motifs is 1. The van der Waals surface area contributed by atoms with Gasteiger partial charge in [-0.25, -0.2) is 0 Å². The molecule has 6 nitrogen and oxygen atoms in total. The van der Waals surface area contributed by atoms with Crippen molar-refractivity contribution < 1.29 is 19.1 Å². The standard InChI is InChI=1S/C15H14N2O4/c1-17-15(19)11(7-16)13(18)10-6-9-4-3-5-12(20-2)14(9)21-8-10/h3-6,11H,8H2,1-2H3,(H,17,19). The van der Waals surface area contributed by atoms with Gasteiger partial charge in [-0.2, -0.15) is 5.26 Å². The molecule has 1 atom stereocenters. The predicted octanol–water partition coefficient (Wildman–Crippen LogP) is 0.926. The lowest BCUT2D eigenvalue weighted by molar-refractivity contribution is -0.129. The summed E-state index contributed by atoms with van der Waals surface area (Å²) in [5, 5.41) is 11.3. The van der Waals surface area contributed by atoms with E-state index in [0.717, 1.165) is 0 Å². The molecular weight excluding hydrogens is 272 g/mol. The van der Waals surface area contributed by atoms with E-state index in [2.05, 4.69) is 5.32 Å². The molecule has 1 aromatic rings. The topological polar surface area (TPSA) is 88.4 Å². The summed E-state index contributed by atoms with van der Waals surface area (Å²) >= 11 is 0. The van der Waals surface area contributed by atoms with Crippen molar-refractivity contribution in [1.82, 2.24) is 5.32 Å². The number of amides is 1. The molecule has 0 radical (unpaired) electrons. The Balaban J connectivity index is 2.34. The molecule has 21 heavy (non-hydrogen) atoms. The minimum Gasteiger partial charge on any atom is -0.493 e. The number of ether oxygens (including phenoxy) is 2. The molecule has 1 aliphatic heterocycles. The number of hydrogen-bond donors (Lipinski definition) is 1. The number of Topliss-reactive ketones (excluding diaryl/α,β-unsaturated/α-hetero) is 1. The normalized spacial score (nSPS) is 13.9. The number of ketones is 1. The van der Waals surface area contributed by atoms with Gasteiger partial charge in [0.1, 0.15) is 6.61 Å². The zero-order valence-electron chi connectivity index (χ0n) is 11.7. The Hall–Kier alpha value is -2.81. The van der Waals surface area contributed by atoms with Crippen molar-refractivity contribution in [1.29, 1.82) is 5.26 Å². The van der Waals surface area contributed by atoms with E-state index in [4.69, 9.17) is 14.7 Å². The molecule has 0 fully saturated rings. The molecule has 2 rings (SSSR count). The second kappa shape index (κ2) is 6.09. The second-order valence-electron chi connectivity index (χ2n) is 4.38. The molecule has 0 aromatic heterocycles. The molecule has 0 bridgehead atoms. The van der Waals surface area contributed by atoms with Crippen molar-refractivity contribution in [2.75, 3.05) is 20.8 Å². The Labute approximate surface area is 122 Å². The van der Waals surface area contributed by atoms with Gasteiger partial charge in [0.2, 0.25) is 5.91 Å². The third-order valence-electron chi connectivity index (χ3n) is 3.15. The van der Waals surface area contributed by atoms with Crippen LogP contribution in [0.15, 0.2) is 23.8 Å². The van der Waals surface area contributed by atoms with Gasteiger partial charge in [-0.15, -0.1) is 0 Å². The summed E-state index contributed by atoms with van der Waals surface area (Å²) in [5.41, 5.74) is 0.962. The monoisotopic (exact) mass is 286 g/mol. The van der Waals surface area contributed by atoms with Crippen LogP contribution in [0.2, 0.25) is 0 Å². The smallest absolute Gasteiger partial charge is 0.245 e. The van der Waals surface area contributed by atoms with Crippen LogP contribution < -0.4 is 14.8 Å². The number of carbonyl (C=O) groups excluding carboxylic acids is 2. The van der Waals surface area contributed by atoms with Crippen LogP contribution in [0.4, 0.5) is 0 Å². The van der Waals surface area contributed by atoms with Crippen LogP contribution >= 0.6 is 0 Å². The molecule has 1 amide bonds. The SMILES string of the molecule is CNC(=O)C(C#N)C(=O)C1=Cc2cccc(OC)c2OC1. The number of benzene rings is 1. The van der Waals surface area contributed by atoms with Crippen molar-refractivity contribution in [3.05, 3.63) is 29.3 Å². The summed E-state index contributed by atoms with van der Waals surface area (Å²) in [6.07, 6.45) is 1.62. The number of methoxy groups -OCH3 is 1. The molecule has 0 saturated carbocycles. The summed E-state index contributed by atoms with van der Waals surface area (Å²) in [5.74, 6) is -1.43. The van der Waals surface area contributed by atoms with Crippen LogP contribution in [0.25, 0.3) is 6.08 Å². The third kappa shape index (κ3) is 2.72. The maximum absolute atomic E-state index is 12.2. The number of nitrogens with one attached hydrogen (secondary N) is 1. The van der Waals surface area contributed by atoms with E-state index in [1.165, 1.54) is 14.2 Å². The Morgan fingerprint density at radius 2 is 2.24 bits per heavy atom. The Morgan fingerprint density at radius 1 is 1.48 bits per heavy atom. The van der Waals surface area contributed by atoms with Crippen molar-refractivity contribution >= 4 is 17.8 Å². The van der Waals surface area contributed by atoms with Gasteiger partial charge < -0.3 is 14.8 Å². The first-order chi connectivity index (χ1) is 10.1. The van der Waals surface area contributed by atoms with Gasteiger partial charge in [0.05, 0.1) is 13.2 Å². The number of carbonyl (C=O) groups is 2. The van der Waals surface area contributed by atoms with Gasteiger partial charge in [-0.1, -0.05) is 12.1 Å². The zero-order valence-corrected chi connectivity index (χ0v) is 11.7. The Morgan fingerprint density at radius 3 is 2.86 bits per heavy atom. The molecule has 108 valence electrons. The minimum absolute atomic E-state index is 0.00137. The molecule has 1 aliphatic rings. The summed E-state index contributed by atoms with van der Waals surface area (Å²) in [6.45, 7) is 0.00137. The van der Waals surface area contributed by atoms with Crippen LogP contribution in [-0.2, 0) is 9.59 Å². The van der Waals surface area contributed by atoms with Gasteiger partial charge in [0, 0.05) is 18.2 Å². The van der Waals surface area contributed by atoms with Crippen LogP contribution in [0.1, 0.15) is 5.56 Å². The average Bonchev–Trinajstić information content (AvgIpc) is 2.53. The number of para-hydroxylation sites is 1. The van der Waals surface area contributed by atoms with Gasteiger partial charge in [0.25, 0.3) is 0 Å². The van der Waals surface area contributed by atoms with E-state index < -0.39 is 17.6 Å². The minimum atomic E-state index is -1.36. The zero-order chi connectivity index (χ0) is 15.4. The van der Waals surface area contributed by atoms with Crippen molar-refractivity contribution in [2.24, 2.45) is 5.92 Å². The third-order valence-corrected chi connectivity index (χ3v) is 3.15. The fourth-order valence-electron chi connectivity index (χ4n) is 2.05. The molecule has 1 unspecified atom stereocenters. The molecule has 0 spiro atoms. The largest absolute Gasteiger partial charge is 0.493 e. The Bertz CT molecular complexity index is 658. The highest BCUT2D eigenvalue weighted by atomic mass is 16.5. The lowest BCUT2D eigenvalue weighted by Gasteiger charge is -2.20. The average molecular weight is 286 g/mol. The number of nitriles is 1. The summed E-state index contributed by atoms with van der Waals surface area (Å²) in [6, 6.07) is 7.00. The summed E-state index contributed by atoms with van der Waals surface area (Å²) in [7, 11) is 2.91. The fourth-order valence-corrected chi connectivity index (χ4v) is 2.05. The lowest BCUT2D eigenvalue weighted by Crippen LogP contribution is -2.34. The molecule has 1 aromatic carbocycles. The van der Waals surface area contributed by atoms with E-state index >= 15 is 0 Å². The van der Waals surface area contributed by atoms with Crippen molar-refractivity contribution in [2.45, 2.75) is 0 Å². The van der Waals surface area contributed by atoms with Gasteiger partial charge in [0.15, 0.2) is 23.2 Å². The number of hydrogen-bond acceptors (Lipinski definition) is 5. The highest BCUT2D eigenvalue weighted by Crippen LogP contribution is 2.35. The van der Waals surface area contributed by atoms with E-state index in [9.17, 15) is 9.59 Å². The van der Waals surface area contributed by atoms with E-state index in [0.29, 0.717) is 17.1 Å². The Kier molecular flexibility index (Phi) is 4.24. The van der Waals surface area contributed by atoms with Crippen LogP contribution in [0, 0.1) is 17.2 Å². The van der Waals surface area contributed by atoms with E-state index in [1.807, 2.05) is 0 Å². The molecular formula is C15H14N2O4. The molecule has 6 heteroatoms. The first-order valence-corrected chi connectivity index (χ1v) is 6.28. The quantitative estimate of drug-likeness (QED) is 0.832. The van der Waals surface area contributed by atoms with Gasteiger partial charge in [-0.3, -0.25) is 9.59 Å². The maximum atomic E-state index is 12.2. The first-order valence-electron chi connectivity index (χ1n) is 6.28. The van der Waals surface area contributed by atoms with Crippen molar-refractivity contribution in [3.8, 4) is 17.6 Å².